The highest BCUT2D eigenvalue weighted by molar-refractivity contribution is 8.13. The molecule has 0 spiro atoms. The van der Waals surface area contributed by atoms with Crippen LogP contribution in [-0.4, -0.2) is 20.8 Å². The third kappa shape index (κ3) is 4.55. The quantitative estimate of drug-likeness (QED) is 0.362. The number of hydrogen-bond donors (Lipinski definition) is 0. The molecular weight excluding hydrogens is 252 g/mol. The highest BCUT2D eigenvalue weighted by atomic mass is 32.2. The van der Waals surface area contributed by atoms with Crippen molar-refractivity contribution in [2.75, 3.05) is 5.75 Å². The van der Waals surface area contributed by atoms with Crippen molar-refractivity contribution in [3.05, 3.63) is 33.6 Å². The number of rotatable bonds is 3. The minimum Gasteiger partial charge on any atom is -0.288 e. The number of hydrogen-bond acceptors (Lipinski definition) is 5. The number of carbonyl (C=O) groups is 1. The average Bonchev–Trinajstić information content (AvgIpc) is 2.27. The maximum Gasteiger partial charge on any atom is 0.290 e. The summed E-state index contributed by atoms with van der Waals surface area (Å²) < 4.78 is 0. The van der Waals surface area contributed by atoms with E-state index < -0.39 is 4.92 Å². The van der Waals surface area contributed by atoms with Gasteiger partial charge in [0.15, 0.2) is 5.12 Å². The summed E-state index contributed by atoms with van der Waals surface area (Å²) in [4.78, 5) is 24.7. The van der Waals surface area contributed by atoms with Crippen molar-refractivity contribution in [3.63, 3.8) is 0 Å². The van der Waals surface area contributed by atoms with E-state index in [0.717, 1.165) is 0 Å². The minimum absolute atomic E-state index is 0.00677. The number of pyridine rings is 1. The third-order valence-electron chi connectivity index (χ3n) is 2.03. The molecular formula is C12H12N2O3S. The largest absolute Gasteiger partial charge is 0.290 e. The van der Waals surface area contributed by atoms with Crippen LogP contribution in [0.1, 0.15) is 24.6 Å². The Bertz CT molecular complexity index is 532. The van der Waals surface area contributed by atoms with Crippen molar-refractivity contribution in [2.24, 2.45) is 0 Å². The number of aromatic nitrogens is 1. The van der Waals surface area contributed by atoms with Crippen LogP contribution in [0.2, 0.25) is 0 Å². The molecule has 1 heterocycles. The third-order valence-corrected chi connectivity index (χ3v) is 2.84. The molecule has 0 unspecified atom stereocenters. The van der Waals surface area contributed by atoms with E-state index in [2.05, 4.69) is 16.8 Å². The Kier molecular flexibility index (Phi) is 5.33. The van der Waals surface area contributed by atoms with Gasteiger partial charge in [-0.25, -0.2) is 4.98 Å². The lowest BCUT2D eigenvalue weighted by molar-refractivity contribution is -0.385. The molecule has 94 valence electrons. The Balaban J connectivity index is 2.64. The van der Waals surface area contributed by atoms with Crippen LogP contribution >= 0.6 is 11.8 Å². The maximum absolute atomic E-state index is 10.7. The molecule has 0 bridgehead atoms. The fourth-order valence-corrected chi connectivity index (χ4v) is 1.70. The van der Waals surface area contributed by atoms with Gasteiger partial charge in [0.05, 0.1) is 4.92 Å². The topological polar surface area (TPSA) is 73.1 Å². The van der Waals surface area contributed by atoms with Gasteiger partial charge in [0.25, 0.3) is 5.69 Å². The first-order valence-electron chi connectivity index (χ1n) is 5.24. The molecule has 1 aromatic heterocycles. The fraction of sp³-hybridized carbons (Fsp3) is 0.333. The standard InChI is InChI=1S/C12H12N2O3S/c1-9-7-11(13-8-12(9)14(16)17)5-3-4-6-18-10(2)15/h7-8H,4,6H2,1-2H3. The van der Waals surface area contributed by atoms with Gasteiger partial charge in [-0.05, 0) is 18.9 Å². The summed E-state index contributed by atoms with van der Waals surface area (Å²) in [5.41, 5.74) is 1.04. The van der Waals surface area contributed by atoms with Gasteiger partial charge >= 0.3 is 0 Å². The van der Waals surface area contributed by atoms with Crippen LogP contribution in [0.4, 0.5) is 5.69 Å². The van der Waals surface area contributed by atoms with E-state index in [1.165, 1.54) is 24.9 Å². The minimum atomic E-state index is -0.469. The van der Waals surface area contributed by atoms with Crippen molar-refractivity contribution in [1.82, 2.24) is 4.98 Å². The van der Waals surface area contributed by atoms with Crippen LogP contribution in [0.3, 0.4) is 0 Å². The van der Waals surface area contributed by atoms with Crippen LogP contribution < -0.4 is 0 Å². The van der Waals surface area contributed by atoms with E-state index in [1.54, 1.807) is 13.0 Å². The first kappa shape index (κ1) is 14.2. The van der Waals surface area contributed by atoms with Crippen LogP contribution in [0.25, 0.3) is 0 Å². The van der Waals surface area contributed by atoms with E-state index in [1.807, 2.05) is 0 Å². The van der Waals surface area contributed by atoms with E-state index in [0.29, 0.717) is 23.4 Å². The Morgan fingerprint density at radius 1 is 1.61 bits per heavy atom. The van der Waals surface area contributed by atoms with Crippen molar-refractivity contribution in [2.45, 2.75) is 20.3 Å². The van der Waals surface area contributed by atoms with Crippen LogP contribution in [0.5, 0.6) is 0 Å². The fourth-order valence-electron chi connectivity index (χ4n) is 1.21. The molecule has 0 saturated heterocycles. The predicted molar refractivity (Wildman–Crippen MR) is 70.3 cm³/mol. The van der Waals surface area contributed by atoms with Gasteiger partial charge in [-0.15, -0.1) is 0 Å². The molecule has 0 N–H and O–H groups in total. The van der Waals surface area contributed by atoms with Crippen LogP contribution in [0, 0.1) is 28.9 Å². The lowest BCUT2D eigenvalue weighted by Gasteiger charge is -1.96. The average molecular weight is 264 g/mol. The molecule has 0 aliphatic heterocycles. The van der Waals surface area contributed by atoms with Crippen molar-refractivity contribution in [1.29, 1.82) is 0 Å². The smallest absolute Gasteiger partial charge is 0.288 e. The van der Waals surface area contributed by atoms with Crippen LogP contribution in [-0.2, 0) is 4.79 Å². The number of thioether (sulfide) groups is 1. The summed E-state index contributed by atoms with van der Waals surface area (Å²) in [7, 11) is 0. The van der Waals surface area contributed by atoms with E-state index >= 15 is 0 Å². The second kappa shape index (κ2) is 6.77. The number of aryl methyl sites for hydroxylation is 1. The second-order valence-electron chi connectivity index (χ2n) is 3.50. The zero-order chi connectivity index (χ0) is 13.5. The Labute approximate surface area is 109 Å². The maximum atomic E-state index is 10.7. The highest BCUT2D eigenvalue weighted by Crippen LogP contribution is 2.15. The zero-order valence-electron chi connectivity index (χ0n) is 10.1. The van der Waals surface area contributed by atoms with Gasteiger partial charge in [0.1, 0.15) is 11.9 Å². The molecule has 18 heavy (non-hydrogen) atoms. The van der Waals surface area contributed by atoms with Crippen LogP contribution in [0.15, 0.2) is 12.3 Å². The number of nitrogens with zero attached hydrogens (tertiary/aromatic N) is 2. The highest BCUT2D eigenvalue weighted by Gasteiger charge is 2.10. The van der Waals surface area contributed by atoms with Gasteiger partial charge in [0.2, 0.25) is 0 Å². The van der Waals surface area contributed by atoms with Crippen molar-refractivity contribution >= 4 is 22.6 Å². The Morgan fingerprint density at radius 2 is 2.33 bits per heavy atom. The molecule has 0 aromatic carbocycles. The summed E-state index contributed by atoms with van der Waals surface area (Å²) in [6.45, 7) is 3.16. The van der Waals surface area contributed by atoms with E-state index in [9.17, 15) is 14.9 Å². The van der Waals surface area contributed by atoms with Crippen molar-refractivity contribution < 1.29 is 9.72 Å². The first-order chi connectivity index (χ1) is 8.50. The monoisotopic (exact) mass is 264 g/mol. The van der Waals surface area contributed by atoms with Gasteiger partial charge in [-0.1, -0.05) is 17.7 Å². The van der Waals surface area contributed by atoms with Gasteiger partial charge < -0.3 is 0 Å². The predicted octanol–water partition coefficient (Wildman–Crippen LogP) is 2.32. The zero-order valence-corrected chi connectivity index (χ0v) is 10.9. The molecule has 6 heteroatoms. The molecule has 0 fully saturated rings. The molecule has 0 aliphatic carbocycles. The van der Waals surface area contributed by atoms with E-state index in [4.69, 9.17) is 0 Å². The Hall–Kier alpha value is -1.87. The lowest BCUT2D eigenvalue weighted by atomic mass is 10.2. The normalized spacial score (nSPS) is 9.44. The molecule has 1 aromatic rings. The van der Waals surface area contributed by atoms with Gasteiger partial charge in [-0.2, -0.15) is 0 Å². The summed E-state index contributed by atoms with van der Waals surface area (Å²) in [5, 5.41) is 10.7. The molecule has 5 nitrogen and oxygen atoms in total. The molecule has 0 amide bonds. The summed E-state index contributed by atoms with van der Waals surface area (Å²) in [5.74, 6) is 6.34. The lowest BCUT2D eigenvalue weighted by Crippen LogP contribution is -1.94. The summed E-state index contributed by atoms with van der Waals surface area (Å²) >= 11 is 1.22. The number of nitro groups is 1. The molecule has 0 atom stereocenters. The van der Waals surface area contributed by atoms with Gasteiger partial charge in [-0.3, -0.25) is 14.9 Å². The molecule has 0 aliphatic rings. The SMILES string of the molecule is CC(=O)SCCC#Cc1cc(C)c([N+](=O)[O-])cn1. The summed E-state index contributed by atoms with van der Waals surface area (Å²) in [6, 6.07) is 1.59. The van der Waals surface area contributed by atoms with E-state index in [-0.39, 0.29) is 10.8 Å². The van der Waals surface area contributed by atoms with Gasteiger partial charge in [0, 0.05) is 24.7 Å². The number of carbonyl (C=O) groups excluding carboxylic acids is 1. The Morgan fingerprint density at radius 3 is 2.89 bits per heavy atom. The first-order valence-corrected chi connectivity index (χ1v) is 6.22. The van der Waals surface area contributed by atoms with Crippen molar-refractivity contribution in [3.8, 4) is 11.8 Å². The molecule has 1 rings (SSSR count). The molecule has 0 radical (unpaired) electrons. The molecule has 0 saturated carbocycles. The second-order valence-corrected chi connectivity index (χ2v) is 4.78. The summed E-state index contributed by atoms with van der Waals surface area (Å²) in [6.07, 6.45) is 1.80.